The van der Waals surface area contributed by atoms with Crippen molar-refractivity contribution in [2.75, 3.05) is 5.32 Å². The molecule has 1 aliphatic heterocycles. The molecular formula is C12H9N3O3. The summed E-state index contributed by atoms with van der Waals surface area (Å²) >= 11 is 0. The Morgan fingerprint density at radius 2 is 2.22 bits per heavy atom. The number of H-pyrrole nitrogens is 1. The van der Waals surface area contributed by atoms with Crippen molar-refractivity contribution in [1.82, 2.24) is 10.2 Å². The van der Waals surface area contributed by atoms with Gasteiger partial charge in [-0.1, -0.05) is 6.07 Å². The van der Waals surface area contributed by atoms with E-state index in [-0.39, 0.29) is 11.5 Å². The van der Waals surface area contributed by atoms with Crippen LogP contribution in [0.3, 0.4) is 0 Å². The maximum Gasteiger partial charge on any atom is 0.339 e. The van der Waals surface area contributed by atoms with Crippen molar-refractivity contribution in [3.05, 3.63) is 35.5 Å². The molecule has 1 aromatic heterocycles. The molecule has 0 bridgehead atoms. The van der Waals surface area contributed by atoms with Gasteiger partial charge >= 0.3 is 5.97 Å². The van der Waals surface area contributed by atoms with E-state index in [1.54, 1.807) is 18.2 Å². The number of aromatic carboxylic acids is 1. The summed E-state index contributed by atoms with van der Waals surface area (Å²) in [5.74, 6) is -1.08. The first-order chi connectivity index (χ1) is 8.65. The first kappa shape index (κ1) is 10.5. The van der Waals surface area contributed by atoms with Crippen LogP contribution in [-0.4, -0.2) is 27.2 Å². The third-order valence-corrected chi connectivity index (χ3v) is 2.89. The van der Waals surface area contributed by atoms with Crippen molar-refractivity contribution < 1.29 is 14.7 Å². The first-order valence-electron chi connectivity index (χ1n) is 5.35. The van der Waals surface area contributed by atoms with E-state index in [1.165, 1.54) is 6.20 Å². The number of carboxylic acids is 1. The van der Waals surface area contributed by atoms with Crippen LogP contribution < -0.4 is 5.32 Å². The SMILES string of the molecule is O=C1Cc2cc(-c3[nH]ncc3C(=O)O)ccc2N1. The first-order valence-corrected chi connectivity index (χ1v) is 5.35. The second kappa shape index (κ2) is 3.69. The highest BCUT2D eigenvalue weighted by Gasteiger charge is 2.20. The number of aromatic nitrogens is 2. The van der Waals surface area contributed by atoms with E-state index < -0.39 is 5.97 Å². The Balaban J connectivity index is 2.08. The molecule has 18 heavy (non-hydrogen) atoms. The van der Waals surface area contributed by atoms with Gasteiger partial charge in [0.1, 0.15) is 5.56 Å². The second-order valence-corrected chi connectivity index (χ2v) is 4.06. The Hall–Kier alpha value is -2.63. The molecule has 2 aromatic rings. The molecule has 0 radical (unpaired) electrons. The van der Waals surface area contributed by atoms with Crippen LogP contribution >= 0.6 is 0 Å². The molecule has 3 rings (SSSR count). The maximum absolute atomic E-state index is 11.2. The van der Waals surface area contributed by atoms with Crippen LogP contribution in [-0.2, 0) is 11.2 Å². The Labute approximate surface area is 102 Å². The number of rotatable bonds is 2. The van der Waals surface area contributed by atoms with Crippen molar-refractivity contribution in [3.8, 4) is 11.3 Å². The van der Waals surface area contributed by atoms with E-state index in [9.17, 15) is 9.59 Å². The van der Waals surface area contributed by atoms with Crippen molar-refractivity contribution in [2.24, 2.45) is 0 Å². The number of aromatic amines is 1. The number of benzene rings is 1. The Bertz CT molecular complexity index is 660. The van der Waals surface area contributed by atoms with Gasteiger partial charge in [-0.05, 0) is 17.7 Å². The molecule has 3 N–H and O–H groups in total. The molecule has 1 aliphatic rings. The number of fused-ring (bicyclic) bond motifs is 1. The zero-order chi connectivity index (χ0) is 12.7. The van der Waals surface area contributed by atoms with Gasteiger partial charge in [-0.25, -0.2) is 4.79 Å². The van der Waals surface area contributed by atoms with Crippen LogP contribution in [0.25, 0.3) is 11.3 Å². The lowest BCUT2D eigenvalue weighted by Gasteiger charge is -2.03. The van der Waals surface area contributed by atoms with E-state index >= 15 is 0 Å². The highest BCUT2D eigenvalue weighted by atomic mass is 16.4. The van der Waals surface area contributed by atoms with Gasteiger partial charge < -0.3 is 10.4 Å². The summed E-state index contributed by atoms with van der Waals surface area (Å²) in [5.41, 5.74) is 2.92. The number of amides is 1. The molecule has 0 spiro atoms. The average Bonchev–Trinajstić information content (AvgIpc) is 2.91. The van der Waals surface area contributed by atoms with Crippen molar-refractivity contribution in [3.63, 3.8) is 0 Å². The maximum atomic E-state index is 11.2. The van der Waals surface area contributed by atoms with Gasteiger partial charge in [0.15, 0.2) is 0 Å². The van der Waals surface area contributed by atoms with Crippen LogP contribution in [0.4, 0.5) is 5.69 Å². The molecule has 0 unspecified atom stereocenters. The minimum absolute atomic E-state index is 0.0507. The monoisotopic (exact) mass is 243 g/mol. The molecule has 0 saturated carbocycles. The predicted molar refractivity (Wildman–Crippen MR) is 63.3 cm³/mol. The van der Waals surface area contributed by atoms with Gasteiger partial charge in [-0.3, -0.25) is 9.89 Å². The Morgan fingerprint density at radius 1 is 1.39 bits per heavy atom. The standard InChI is InChI=1S/C12H9N3O3/c16-10-4-7-3-6(1-2-9(7)14-10)11-8(12(17)18)5-13-15-11/h1-3,5H,4H2,(H,13,15)(H,14,16)(H,17,18). The number of hydrogen-bond donors (Lipinski definition) is 3. The summed E-state index contributed by atoms with van der Waals surface area (Å²) in [6, 6.07) is 5.32. The van der Waals surface area contributed by atoms with Crippen LogP contribution in [0, 0.1) is 0 Å². The number of hydrogen-bond acceptors (Lipinski definition) is 3. The topological polar surface area (TPSA) is 95.1 Å². The molecule has 0 aliphatic carbocycles. The number of carbonyl (C=O) groups is 2. The van der Waals surface area contributed by atoms with Crippen molar-refractivity contribution >= 4 is 17.6 Å². The lowest BCUT2D eigenvalue weighted by molar-refractivity contribution is -0.115. The summed E-state index contributed by atoms with van der Waals surface area (Å²) in [7, 11) is 0. The fourth-order valence-electron chi connectivity index (χ4n) is 2.05. The summed E-state index contributed by atoms with van der Waals surface area (Å²) in [6.07, 6.45) is 1.59. The third kappa shape index (κ3) is 1.55. The lowest BCUT2D eigenvalue weighted by Crippen LogP contribution is -2.03. The van der Waals surface area contributed by atoms with E-state index in [2.05, 4.69) is 15.5 Å². The van der Waals surface area contributed by atoms with Crippen LogP contribution in [0.2, 0.25) is 0 Å². The normalized spacial score (nSPS) is 13.2. The zero-order valence-corrected chi connectivity index (χ0v) is 9.23. The lowest BCUT2D eigenvalue weighted by atomic mass is 10.0. The van der Waals surface area contributed by atoms with Crippen LogP contribution in [0.15, 0.2) is 24.4 Å². The summed E-state index contributed by atoms with van der Waals surface area (Å²) in [4.78, 5) is 22.3. The van der Waals surface area contributed by atoms with Crippen molar-refractivity contribution in [1.29, 1.82) is 0 Å². The van der Waals surface area contributed by atoms with Crippen molar-refractivity contribution in [2.45, 2.75) is 6.42 Å². The second-order valence-electron chi connectivity index (χ2n) is 4.06. The third-order valence-electron chi connectivity index (χ3n) is 2.89. The van der Waals surface area contributed by atoms with Gasteiger partial charge in [0, 0.05) is 11.3 Å². The van der Waals surface area contributed by atoms with Gasteiger partial charge in [-0.2, -0.15) is 5.10 Å². The molecule has 6 heteroatoms. The number of carboxylic acid groups (broad SMARTS) is 1. The van der Waals surface area contributed by atoms with E-state index in [4.69, 9.17) is 5.11 Å². The number of carbonyl (C=O) groups excluding carboxylic acids is 1. The molecule has 0 fully saturated rings. The number of anilines is 1. The summed E-state index contributed by atoms with van der Waals surface area (Å²) < 4.78 is 0. The Morgan fingerprint density at radius 3 is 3.00 bits per heavy atom. The van der Waals surface area contributed by atoms with Crippen LogP contribution in [0.5, 0.6) is 0 Å². The molecule has 0 atom stereocenters. The van der Waals surface area contributed by atoms with E-state index in [0.717, 1.165) is 11.3 Å². The Kier molecular flexibility index (Phi) is 2.16. The molecule has 1 amide bonds. The molecule has 90 valence electrons. The number of nitrogens with zero attached hydrogens (tertiary/aromatic N) is 1. The smallest absolute Gasteiger partial charge is 0.339 e. The highest BCUT2D eigenvalue weighted by Crippen LogP contribution is 2.29. The molecule has 1 aromatic carbocycles. The van der Waals surface area contributed by atoms with E-state index in [0.29, 0.717) is 17.7 Å². The molecule has 6 nitrogen and oxygen atoms in total. The minimum Gasteiger partial charge on any atom is -0.478 e. The zero-order valence-electron chi connectivity index (χ0n) is 9.23. The predicted octanol–water partition coefficient (Wildman–Crippen LogP) is 1.27. The molecule has 2 heterocycles. The quantitative estimate of drug-likeness (QED) is 0.740. The van der Waals surface area contributed by atoms with Gasteiger partial charge in [-0.15, -0.1) is 0 Å². The fraction of sp³-hybridized carbons (Fsp3) is 0.0833. The largest absolute Gasteiger partial charge is 0.478 e. The fourth-order valence-corrected chi connectivity index (χ4v) is 2.05. The van der Waals surface area contributed by atoms with Gasteiger partial charge in [0.05, 0.1) is 18.3 Å². The minimum atomic E-state index is -1.03. The highest BCUT2D eigenvalue weighted by molar-refractivity contribution is 6.00. The van der Waals surface area contributed by atoms with Crippen LogP contribution in [0.1, 0.15) is 15.9 Å². The summed E-state index contributed by atoms with van der Waals surface area (Å²) in [5, 5.41) is 18.2. The number of nitrogens with one attached hydrogen (secondary N) is 2. The van der Waals surface area contributed by atoms with E-state index in [1.807, 2.05) is 0 Å². The van der Waals surface area contributed by atoms with Gasteiger partial charge in [0.2, 0.25) is 5.91 Å². The average molecular weight is 243 g/mol. The molecule has 0 saturated heterocycles. The van der Waals surface area contributed by atoms with Gasteiger partial charge in [0.25, 0.3) is 0 Å². The molecular weight excluding hydrogens is 234 g/mol. The summed E-state index contributed by atoms with van der Waals surface area (Å²) in [6.45, 7) is 0.